The minimum Gasteiger partial charge on any atom is -0.445 e. The van der Waals surface area contributed by atoms with Crippen molar-refractivity contribution in [3.63, 3.8) is 0 Å². The number of carbonyl (C=O) groups is 1. The predicted octanol–water partition coefficient (Wildman–Crippen LogP) is 5.15. The SMILES string of the molecule is Cc1cc(SCC2COC(Cn3ccnc3)(c3ccc(Cl)cc3Cl)O2)ccc1COC(N)=O. The number of amides is 1. The Balaban J connectivity index is 1.46. The maximum absolute atomic E-state index is 10.8. The predicted molar refractivity (Wildman–Crippen MR) is 127 cm³/mol. The molecule has 2 atom stereocenters. The summed E-state index contributed by atoms with van der Waals surface area (Å²) in [4.78, 5) is 16.0. The first-order chi connectivity index (χ1) is 15.8. The topological polar surface area (TPSA) is 88.6 Å². The number of halogens is 2. The van der Waals surface area contributed by atoms with Gasteiger partial charge in [-0.1, -0.05) is 35.3 Å². The van der Waals surface area contributed by atoms with E-state index in [2.05, 4.69) is 11.1 Å². The summed E-state index contributed by atoms with van der Waals surface area (Å²) >= 11 is 14.3. The zero-order valence-electron chi connectivity index (χ0n) is 17.9. The lowest BCUT2D eigenvalue weighted by atomic mass is 10.1. The molecule has 1 aliphatic rings. The Hall–Kier alpha value is -2.23. The highest BCUT2D eigenvalue weighted by Crippen LogP contribution is 2.41. The van der Waals surface area contributed by atoms with Crippen molar-refractivity contribution in [2.75, 3.05) is 12.4 Å². The van der Waals surface area contributed by atoms with E-state index in [1.54, 1.807) is 36.4 Å². The summed E-state index contributed by atoms with van der Waals surface area (Å²) < 4.78 is 19.5. The van der Waals surface area contributed by atoms with Crippen LogP contribution in [0.15, 0.2) is 60.0 Å². The third-order valence-corrected chi connectivity index (χ3v) is 6.94. The van der Waals surface area contributed by atoms with Crippen molar-refractivity contribution in [3.05, 3.63) is 81.9 Å². The molecule has 1 amide bonds. The summed E-state index contributed by atoms with van der Waals surface area (Å²) in [6.45, 7) is 2.95. The van der Waals surface area contributed by atoms with Crippen molar-refractivity contribution in [2.24, 2.45) is 5.73 Å². The van der Waals surface area contributed by atoms with Crippen LogP contribution in [0.4, 0.5) is 4.79 Å². The standard InChI is InChI=1S/C23H23Cl2N3O4S/c1-15-8-19(4-2-16(15)10-30-22(26)29)33-12-18-11-31-23(32-18,13-28-7-6-27-14-28)20-5-3-17(24)9-21(20)25/h2-9,14,18H,10-13H2,1H3,(H2,26,29). The Labute approximate surface area is 206 Å². The molecular weight excluding hydrogens is 485 g/mol. The fourth-order valence-corrected chi connectivity index (χ4v) is 5.15. The van der Waals surface area contributed by atoms with Gasteiger partial charge in [0, 0.05) is 33.6 Å². The molecule has 3 aromatic rings. The molecule has 33 heavy (non-hydrogen) atoms. The molecule has 0 bridgehead atoms. The number of imidazole rings is 1. The molecule has 1 aromatic heterocycles. The van der Waals surface area contributed by atoms with Gasteiger partial charge in [-0.25, -0.2) is 9.78 Å². The van der Waals surface area contributed by atoms with Gasteiger partial charge >= 0.3 is 6.09 Å². The van der Waals surface area contributed by atoms with Crippen LogP contribution in [-0.2, 0) is 33.1 Å². The second kappa shape index (κ2) is 10.4. The highest BCUT2D eigenvalue weighted by atomic mass is 35.5. The molecule has 0 spiro atoms. The highest BCUT2D eigenvalue weighted by molar-refractivity contribution is 7.99. The number of primary amides is 1. The van der Waals surface area contributed by atoms with Gasteiger partial charge in [0.1, 0.15) is 6.61 Å². The molecule has 1 saturated heterocycles. The van der Waals surface area contributed by atoms with Gasteiger partial charge in [0.05, 0.1) is 30.6 Å². The molecule has 0 saturated carbocycles. The fraction of sp³-hybridized carbons (Fsp3) is 0.304. The summed E-state index contributed by atoms with van der Waals surface area (Å²) in [5.74, 6) is -0.354. The number of ether oxygens (including phenoxy) is 3. The van der Waals surface area contributed by atoms with Crippen molar-refractivity contribution >= 4 is 41.1 Å². The molecule has 2 unspecified atom stereocenters. The molecule has 0 aliphatic carbocycles. The number of aromatic nitrogens is 2. The summed E-state index contributed by atoms with van der Waals surface area (Å²) in [7, 11) is 0. The van der Waals surface area contributed by atoms with E-state index < -0.39 is 11.9 Å². The minimum absolute atomic E-state index is 0.150. The zero-order chi connectivity index (χ0) is 23.4. The smallest absolute Gasteiger partial charge is 0.404 e. The van der Waals surface area contributed by atoms with Crippen molar-refractivity contribution in [1.29, 1.82) is 0 Å². The maximum atomic E-state index is 10.8. The average molecular weight is 508 g/mol. The van der Waals surface area contributed by atoms with Crippen LogP contribution < -0.4 is 5.73 Å². The molecule has 4 rings (SSSR count). The van der Waals surface area contributed by atoms with E-state index in [1.165, 1.54) is 0 Å². The van der Waals surface area contributed by atoms with Crippen molar-refractivity contribution in [2.45, 2.75) is 36.9 Å². The summed E-state index contributed by atoms with van der Waals surface area (Å²) in [6.07, 6.45) is 4.34. The Kier molecular flexibility index (Phi) is 7.51. The molecule has 2 N–H and O–H groups in total. The van der Waals surface area contributed by atoms with Crippen LogP contribution in [-0.4, -0.2) is 34.1 Å². The fourth-order valence-electron chi connectivity index (χ4n) is 3.63. The molecule has 1 aliphatic heterocycles. The van der Waals surface area contributed by atoms with Crippen molar-refractivity contribution in [1.82, 2.24) is 9.55 Å². The van der Waals surface area contributed by atoms with E-state index in [1.807, 2.05) is 35.9 Å². The Bertz CT molecular complexity index is 1130. The Morgan fingerprint density at radius 1 is 1.33 bits per heavy atom. The van der Waals surface area contributed by atoms with E-state index in [9.17, 15) is 4.79 Å². The monoisotopic (exact) mass is 507 g/mol. The molecular formula is C23H23Cl2N3O4S. The molecule has 10 heteroatoms. The maximum Gasteiger partial charge on any atom is 0.404 e. The summed E-state index contributed by atoms with van der Waals surface area (Å²) in [5.41, 5.74) is 7.71. The van der Waals surface area contributed by atoms with Crippen LogP contribution in [0.1, 0.15) is 16.7 Å². The van der Waals surface area contributed by atoms with Crippen LogP contribution in [0.3, 0.4) is 0 Å². The van der Waals surface area contributed by atoms with Gasteiger partial charge in [0.15, 0.2) is 0 Å². The number of aryl methyl sites for hydroxylation is 1. The van der Waals surface area contributed by atoms with E-state index in [-0.39, 0.29) is 12.7 Å². The second-order valence-corrected chi connectivity index (χ2v) is 9.61. The van der Waals surface area contributed by atoms with Gasteiger partial charge in [-0.05, 0) is 42.3 Å². The number of hydrogen-bond donors (Lipinski definition) is 1. The lowest BCUT2D eigenvalue weighted by molar-refractivity contribution is -0.184. The van der Waals surface area contributed by atoms with Gasteiger partial charge in [-0.2, -0.15) is 0 Å². The third-order valence-electron chi connectivity index (χ3n) is 5.27. The molecule has 2 heterocycles. The van der Waals surface area contributed by atoms with Crippen molar-refractivity contribution < 1.29 is 19.0 Å². The lowest BCUT2D eigenvalue weighted by Crippen LogP contribution is -2.34. The number of hydrogen-bond acceptors (Lipinski definition) is 6. The first-order valence-corrected chi connectivity index (χ1v) is 12.0. The number of nitrogens with zero attached hydrogens (tertiary/aromatic N) is 2. The van der Waals surface area contributed by atoms with Crippen LogP contribution in [0, 0.1) is 6.92 Å². The third kappa shape index (κ3) is 5.83. The van der Waals surface area contributed by atoms with E-state index in [0.29, 0.717) is 28.9 Å². The van der Waals surface area contributed by atoms with Gasteiger partial charge in [-0.3, -0.25) is 0 Å². The van der Waals surface area contributed by atoms with Gasteiger partial charge < -0.3 is 24.5 Å². The molecule has 1 fully saturated rings. The first-order valence-electron chi connectivity index (χ1n) is 10.2. The zero-order valence-corrected chi connectivity index (χ0v) is 20.2. The summed E-state index contributed by atoms with van der Waals surface area (Å²) in [5, 5.41) is 1.03. The van der Waals surface area contributed by atoms with Crippen LogP contribution in [0.5, 0.6) is 0 Å². The van der Waals surface area contributed by atoms with Crippen molar-refractivity contribution in [3.8, 4) is 0 Å². The second-order valence-electron chi connectivity index (χ2n) is 7.67. The number of thioether (sulfide) groups is 1. The minimum atomic E-state index is -1.04. The van der Waals surface area contributed by atoms with Crippen LogP contribution in [0.2, 0.25) is 10.0 Å². The molecule has 174 valence electrons. The van der Waals surface area contributed by atoms with Crippen LogP contribution >= 0.6 is 35.0 Å². The average Bonchev–Trinajstić information content (AvgIpc) is 3.42. The molecule has 0 radical (unpaired) electrons. The number of nitrogens with two attached hydrogens (primary N) is 1. The van der Waals surface area contributed by atoms with Gasteiger partial charge in [0.25, 0.3) is 0 Å². The van der Waals surface area contributed by atoms with Crippen LogP contribution in [0.25, 0.3) is 0 Å². The normalized spacial score (nSPS) is 20.2. The van der Waals surface area contributed by atoms with E-state index in [0.717, 1.165) is 21.6 Å². The van der Waals surface area contributed by atoms with E-state index >= 15 is 0 Å². The molecule has 7 nitrogen and oxygen atoms in total. The van der Waals surface area contributed by atoms with Gasteiger partial charge in [0.2, 0.25) is 5.79 Å². The van der Waals surface area contributed by atoms with E-state index in [4.69, 9.17) is 43.1 Å². The number of benzene rings is 2. The molecule has 2 aromatic carbocycles. The lowest BCUT2D eigenvalue weighted by Gasteiger charge is -2.30. The Morgan fingerprint density at radius 2 is 2.18 bits per heavy atom. The van der Waals surface area contributed by atoms with Gasteiger partial charge in [-0.15, -0.1) is 11.8 Å². The quantitative estimate of drug-likeness (QED) is 0.423. The summed E-state index contributed by atoms with van der Waals surface area (Å²) in [6, 6.07) is 11.3. The largest absolute Gasteiger partial charge is 0.445 e. The number of rotatable bonds is 8. The Morgan fingerprint density at radius 3 is 2.88 bits per heavy atom. The first kappa shape index (κ1) is 23.9. The number of carbonyl (C=O) groups excluding carboxylic acids is 1. The highest BCUT2D eigenvalue weighted by Gasteiger charge is 2.45.